The molecule has 24 heavy (non-hydrogen) atoms. The number of hydrogen-bond acceptors (Lipinski definition) is 3. The van der Waals surface area contributed by atoms with Crippen molar-refractivity contribution in [2.24, 2.45) is 0 Å². The quantitative estimate of drug-likeness (QED) is 0.868. The molecular weight excluding hydrogens is 322 g/mol. The van der Waals surface area contributed by atoms with E-state index >= 15 is 0 Å². The summed E-state index contributed by atoms with van der Waals surface area (Å²) >= 11 is 6.31. The van der Waals surface area contributed by atoms with Gasteiger partial charge in [-0.25, -0.2) is 0 Å². The van der Waals surface area contributed by atoms with Gasteiger partial charge in [0.25, 0.3) is 5.91 Å². The summed E-state index contributed by atoms with van der Waals surface area (Å²) in [5.41, 5.74) is 8.18. The lowest BCUT2D eigenvalue weighted by Gasteiger charge is -2.38. The SMILES string of the molecule is CC(c1ccccc1Cl)N1CCN(C(=O)c2ccccc2N)CC1. The Balaban J connectivity index is 1.65. The van der Waals surface area contributed by atoms with Crippen LogP contribution in [-0.2, 0) is 0 Å². The summed E-state index contributed by atoms with van der Waals surface area (Å²) in [5.74, 6) is 0.0122. The maximum Gasteiger partial charge on any atom is 0.256 e. The monoisotopic (exact) mass is 343 g/mol. The largest absolute Gasteiger partial charge is 0.398 e. The first-order valence-corrected chi connectivity index (χ1v) is 8.58. The highest BCUT2D eigenvalue weighted by atomic mass is 35.5. The zero-order valence-corrected chi connectivity index (χ0v) is 14.5. The second kappa shape index (κ2) is 7.24. The van der Waals surface area contributed by atoms with Crippen molar-refractivity contribution in [3.8, 4) is 0 Å². The molecule has 1 amide bonds. The Morgan fingerprint density at radius 2 is 1.67 bits per heavy atom. The normalized spacial score (nSPS) is 16.8. The van der Waals surface area contributed by atoms with Crippen molar-refractivity contribution < 1.29 is 4.79 Å². The number of carbonyl (C=O) groups is 1. The third-order valence-corrected chi connectivity index (χ3v) is 5.04. The molecule has 2 N–H and O–H groups in total. The van der Waals surface area contributed by atoms with Gasteiger partial charge in [0.05, 0.1) is 5.56 Å². The highest BCUT2D eigenvalue weighted by molar-refractivity contribution is 6.31. The smallest absolute Gasteiger partial charge is 0.256 e. The van der Waals surface area contributed by atoms with E-state index in [4.69, 9.17) is 17.3 Å². The van der Waals surface area contributed by atoms with Gasteiger partial charge in [0.2, 0.25) is 0 Å². The van der Waals surface area contributed by atoms with Crippen LogP contribution in [-0.4, -0.2) is 41.9 Å². The van der Waals surface area contributed by atoms with E-state index in [0.29, 0.717) is 24.3 Å². The van der Waals surface area contributed by atoms with E-state index in [1.807, 2.05) is 35.2 Å². The maximum absolute atomic E-state index is 12.6. The number of rotatable bonds is 3. The molecule has 3 rings (SSSR count). The lowest BCUT2D eigenvalue weighted by atomic mass is 10.1. The van der Waals surface area contributed by atoms with Crippen molar-refractivity contribution in [3.63, 3.8) is 0 Å². The van der Waals surface area contributed by atoms with Gasteiger partial charge >= 0.3 is 0 Å². The van der Waals surface area contributed by atoms with Gasteiger partial charge < -0.3 is 10.6 Å². The molecule has 0 saturated carbocycles. The first kappa shape index (κ1) is 16.8. The fraction of sp³-hybridized carbons (Fsp3) is 0.316. The molecule has 1 heterocycles. The molecule has 1 atom stereocenters. The number of anilines is 1. The van der Waals surface area contributed by atoms with Gasteiger partial charge in [0.1, 0.15) is 0 Å². The summed E-state index contributed by atoms with van der Waals surface area (Å²) < 4.78 is 0. The average molecular weight is 344 g/mol. The van der Waals surface area contributed by atoms with E-state index in [-0.39, 0.29) is 11.9 Å². The van der Waals surface area contributed by atoms with Crippen molar-refractivity contribution in [2.75, 3.05) is 31.9 Å². The van der Waals surface area contributed by atoms with Gasteiger partial charge in [0, 0.05) is 42.9 Å². The van der Waals surface area contributed by atoms with Crippen molar-refractivity contribution >= 4 is 23.2 Å². The van der Waals surface area contributed by atoms with Crippen LogP contribution in [0.5, 0.6) is 0 Å². The number of nitrogens with two attached hydrogens (primary N) is 1. The Morgan fingerprint density at radius 1 is 1.04 bits per heavy atom. The standard InChI is InChI=1S/C19H22ClN3O/c1-14(15-6-2-4-8-17(15)20)22-10-12-23(13-11-22)19(24)16-7-3-5-9-18(16)21/h2-9,14H,10-13,21H2,1H3. The summed E-state index contributed by atoms with van der Waals surface area (Å²) in [7, 11) is 0. The van der Waals surface area contributed by atoms with E-state index in [1.54, 1.807) is 12.1 Å². The average Bonchev–Trinajstić information content (AvgIpc) is 2.61. The lowest BCUT2D eigenvalue weighted by molar-refractivity contribution is 0.0583. The molecule has 0 aromatic heterocycles. The molecule has 1 aliphatic rings. The molecule has 126 valence electrons. The van der Waals surface area contributed by atoms with Crippen molar-refractivity contribution in [2.45, 2.75) is 13.0 Å². The molecule has 2 aromatic rings. The van der Waals surface area contributed by atoms with Gasteiger partial charge in [-0.3, -0.25) is 9.69 Å². The Labute approximate surface area is 147 Å². The number of piperazine rings is 1. The third kappa shape index (κ3) is 3.40. The first-order chi connectivity index (χ1) is 11.6. The number of carbonyl (C=O) groups excluding carboxylic acids is 1. The van der Waals surface area contributed by atoms with Crippen LogP contribution in [0.15, 0.2) is 48.5 Å². The molecule has 1 aliphatic heterocycles. The molecule has 0 aliphatic carbocycles. The molecule has 5 heteroatoms. The van der Waals surface area contributed by atoms with Crippen LogP contribution in [0.3, 0.4) is 0 Å². The van der Waals surface area contributed by atoms with Gasteiger partial charge in [-0.15, -0.1) is 0 Å². The Hall–Kier alpha value is -2.04. The van der Waals surface area contributed by atoms with Gasteiger partial charge in [-0.05, 0) is 30.7 Å². The van der Waals surface area contributed by atoms with E-state index in [0.717, 1.165) is 23.7 Å². The van der Waals surface area contributed by atoms with Gasteiger partial charge in [0.15, 0.2) is 0 Å². The van der Waals surface area contributed by atoms with Crippen LogP contribution in [0.4, 0.5) is 5.69 Å². The molecule has 4 nitrogen and oxygen atoms in total. The zero-order valence-electron chi connectivity index (χ0n) is 13.8. The highest BCUT2D eigenvalue weighted by Crippen LogP contribution is 2.28. The Morgan fingerprint density at radius 3 is 2.33 bits per heavy atom. The van der Waals surface area contributed by atoms with E-state index in [9.17, 15) is 4.79 Å². The van der Waals surface area contributed by atoms with E-state index in [1.165, 1.54) is 0 Å². The lowest BCUT2D eigenvalue weighted by Crippen LogP contribution is -2.49. The predicted molar refractivity (Wildman–Crippen MR) is 98.2 cm³/mol. The summed E-state index contributed by atoms with van der Waals surface area (Å²) in [6.07, 6.45) is 0. The molecule has 2 aromatic carbocycles. The zero-order chi connectivity index (χ0) is 17.1. The molecule has 1 saturated heterocycles. The van der Waals surface area contributed by atoms with E-state index in [2.05, 4.69) is 17.9 Å². The van der Waals surface area contributed by atoms with Crippen LogP contribution in [0.1, 0.15) is 28.9 Å². The fourth-order valence-electron chi connectivity index (χ4n) is 3.19. The van der Waals surface area contributed by atoms with Crippen LogP contribution >= 0.6 is 11.6 Å². The minimum absolute atomic E-state index is 0.0122. The van der Waals surface area contributed by atoms with Crippen LogP contribution in [0, 0.1) is 0 Å². The van der Waals surface area contributed by atoms with Crippen molar-refractivity contribution in [1.29, 1.82) is 0 Å². The molecule has 1 fully saturated rings. The minimum atomic E-state index is 0.0122. The van der Waals surface area contributed by atoms with Gasteiger partial charge in [-0.1, -0.05) is 41.9 Å². The van der Waals surface area contributed by atoms with Crippen LogP contribution in [0.2, 0.25) is 5.02 Å². The molecule has 0 spiro atoms. The second-order valence-electron chi connectivity index (χ2n) is 6.11. The fourth-order valence-corrected chi connectivity index (χ4v) is 3.48. The molecule has 0 radical (unpaired) electrons. The molecule has 0 bridgehead atoms. The maximum atomic E-state index is 12.6. The van der Waals surface area contributed by atoms with Crippen LogP contribution in [0.25, 0.3) is 0 Å². The van der Waals surface area contributed by atoms with Crippen molar-refractivity contribution in [1.82, 2.24) is 9.80 Å². The number of nitrogen functional groups attached to an aromatic ring is 1. The summed E-state index contributed by atoms with van der Waals surface area (Å²) in [4.78, 5) is 16.9. The topological polar surface area (TPSA) is 49.6 Å². The highest BCUT2D eigenvalue weighted by Gasteiger charge is 2.26. The van der Waals surface area contributed by atoms with Gasteiger partial charge in [-0.2, -0.15) is 0 Å². The van der Waals surface area contributed by atoms with E-state index < -0.39 is 0 Å². The summed E-state index contributed by atoms with van der Waals surface area (Å²) in [6.45, 7) is 5.20. The number of hydrogen-bond donors (Lipinski definition) is 1. The predicted octanol–water partition coefficient (Wildman–Crippen LogP) is 3.44. The second-order valence-corrected chi connectivity index (χ2v) is 6.52. The molecular formula is C19H22ClN3O. The molecule has 1 unspecified atom stereocenters. The third-order valence-electron chi connectivity index (χ3n) is 4.70. The Kier molecular flexibility index (Phi) is 5.07. The Bertz CT molecular complexity index is 726. The number of para-hydroxylation sites is 1. The van der Waals surface area contributed by atoms with Crippen molar-refractivity contribution in [3.05, 3.63) is 64.7 Å². The summed E-state index contributed by atoms with van der Waals surface area (Å²) in [5, 5.41) is 0.792. The number of amides is 1. The first-order valence-electron chi connectivity index (χ1n) is 8.20. The number of nitrogens with zero attached hydrogens (tertiary/aromatic N) is 2. The minimum Gasteiger partial charge on any atom is -0.398 e. The number of halogens is 1. The van der Waals surface area contributed by atoms with Crippen LogP contribution < -0.4 is 5.73 Å². The number of benzene rings is 2. The summed E-state index contributed by atoms with van der Waals surface area (Å²) in [6, 6.07) is 15.4.